The van der Waals surface area contributed by atoms with Gasteiger partial charge in [0.15, 0.2) is 0 Å². The van der Waals surface area contributed by atoms with Gasteiger partial charge in [-0.2, -0.15) is 0 Å². The summed E-state index contributed by atoms with van der Waals surface area (Å²) in [5.41, 5.74) is 2.02. The highest BCUT2D eigenvalue weighted by Gasteiger charge is 2.41. The number of benzene rings is 1. The van der Waals surface area contributed by atoms with Crippen molar-refractivity contribution in [1.29, 1.82) is 0 Å². The van der Waals surface area contributed by atoms with Gasteiger partial charge < -0.3 is 23.3 Å². The van der Waals surface area contributed by atoms with Gasteiger partial charge in [-0.1, -0.05) is 6.07 Å². The van der Waals surface area contributed by atoms with Crippen LogP contribution >= 0.6 is 7.59 Å². The van der Waals surface area contributed by atoms with Crippen molar-refractivity contribution in [3.63, 3.8) is 0 Å². The third-order valence-corrected chi connectivity index (χ3v) is 9.96. The zero-order valence-electron chi connectivity index (χ0n) is 22.3. The van der Waals surface area contributed by atoms with E-state index in [1.54, 1.807) is 53.9 Å². The van der Waals surface area contributed by atoms with E-state index >= 15 is 0 Å². The van der Waals surface area contributed by atoms with E-state index < -0.39 is 13.5 Å². The minimum atomic E-state index is -3.50. The summed E-state index contributed by atoms with van der Waals surface area (Å²) in [6.45, 7) is 5.21. The number of nitrogens with zero attached hydrogens (tertiary/aromatic N) is 3. The molecule has 208 valence electrons. The van der Waals surface area contributed by atoms with E-state index in [-0.39, 0.29) is 5.78 Å². The number of nitrogens with one attached hydrogen (secondary N) is 1. The maximum atomic E-state index is 14.6. The van der Waals surface area contributed by atoms with Gasteiger partial charge >= 0.3 is 7.59 Å². The van der Waals surface area contributed by atoms with Crippen LogP contribution in [0.1, 0.15) is 32.0 Å². The smallest absolute Gasteiger partial charge is 0.311 e. The molecule has 2 aliphatic rings. The largest absolute Gasteiger partial charge is 0.497 e. The van der Waals surface area contributed by atoms with Gasteiger partial charge in [0.1, 0.15) is 11.5 Å². The molecule has 2 fully saturated rings. The number of fused-ring (bicyclic) bond motifs is 1. The molecule has 0 radical (unpaired) electrons. The molecule has 0 saturated carbocycles. The maximum Gasteiger partial charge on any atom is 0.311 e. The Morgan fingerprint density at radius 1 is 0.897 bits per heavy atom. The molecule has 12 heteroatoms. The minimum absolute atomic E-state index is 0.297. The molecule has 0 atom stereocenters. The fourth-order valence-corrected chi connectivity index (χ4v) is 7.56. The third-order valence-electron chi connectivity index (χ3n) is 7.13. The fourth-order valence-electron chi connectivity index (χ4n) is 5.13. The van der Waals surface area contributed by atoms with E-state index in [1.165, 1.54) is 14.2 Å². The summed E-state index contributed by atoms with van der Waals surface area (Å²) in [6, 6.07) is 10.3. The Morgan fingerprint density at radius 3 is 2.00 bits per heavy atom. The molecule has 3 aromatic rings. The Labute approximate surface area is 227 Å². The molecule has 2 saturated heterocycles. The van der Waals surface area contributed by atoms with Crippen molar-refractivity contribution in [2.45, 2.75) is 6.92 Å². The van der Waals surface area contributed by atoms with Crippen LogP contribution in [0.25, 0.3) is 5.52 Å². The van der Waals surface area contributed by atoms with Crippen LogP contribution in [0.5, 0.6) is 11.5 Å². The Balaban J connectivity index is 1.56. The second kappa shape index (κ2) is 11.5. The molecule has 0 unspecified atom stereocenters. The van der Waals surface area contributed by atoms with Crippen molar-refractivity contribution in [2.24, 2.45) is 0 Å². The first-order valence-corrected chi connectivity index (χ1v) is 14.4. The predicted molar refractivity (Wildman–Crippen MR) is 145 cm³/mol. The van der Waals surface area contributed by atoms with E-state index in [9.17, 15) is 14.2 Å². The first-order valence-electron chi connectivity index (χ1n) is 12.8. The third kappa shape index (κ3) is 5.20. The van der Waals surface area contributed by atoms with E-state index in [0.717, 1.165) is 0 Å². The Bertz CT molecular complexity index is 1380. The maximum absolute atomic E-state index is 14.6. The normalized spacial score (nSPS) is 17.2. The minimum Gasteiger partial charge on any atom is -0.497 e. The van der Waals surface area contributed by atoms with Crippen LogP contribution in [-0.4, -0.2) is 92.3 Å². The van der Waals surface area contributed by atoms with Crippen LogP contribution in [-0.2, 0) is 14.0 Å². The summed E-state index contributed by atoms with van der Waals surface area (Å²) in [4.78, 5) is 27.9. The molecule has 0 spiro atoms. The number of carbonyl (C=O) groups excluding carboxylic acids is 2. The topological polar surface area (TPSA) is 111 Å². The van der Waals surface area contributed by atoms with Gasteiger partial charge in [0.2, 0.25) is 5.78 Å². The summed E-state index contributed by atoms with van der Waals surface area (Å²) in [6.07, 6.45) is 1.74. The Hall–Kier alpha value is -3.21. The lowest BCUT2D eigenvalue weighted by Gasteiger charge is -2.41. The molecule has 2 aliphatic heterocycles. The fraction of sp³-hybridized carbons (Fsp3) is 0.407. The van der Waals surface area contributed by atoms with E-state index in [1.807, 2.05) is 9.34 Å². The highest BCUT2D eigenvalue weighted by molar-refractivity contribution is 7.57. The quantitative estimate of drug-likeness (QED) is 0.331. The van der Waals surface area contributed by atoms with Crippen LogP contribution in [0.4, 0.5) is 0 Å². The zero-order valence-corrected chi connectivity index (χ0v) is 23.2. The number of aromatic nitrogens is 1. The van der Waals surface area contributed by atoms with E-state index in [4.69, 9.17) is 18.9 Å². The van der Waals surface area contributed by atoms with Gasteiger partial charge in [-0.25, -0.2) is 9.34 Å². The summed E-state index contributed by atoms with van der Waals surface area (Å²) in [5.74, 6) is 0.159. The molecule has 1 aromatic carbocycles. The van der Waals surface area contributed by atoms with Gasteiger partial charge in [0.05, 0.1) is 57.4 Å². The summed E-state index contributed by atoms with van der Waals surface area (Å²) >= 11 is 0. The van der Waals surface area contributed by atoms with Crippen LogP contribution in [0.15, 0.2) is 42.6 Å². The number of ketones is 1. The number of hydrogen-bond acceptors (Lipinski definition) is 7. The number of ether oxygens (including phenoxy) is 4. The molecule has 1 N–H and O–H groups in total. The number of hydrogen-bond donors (Lipinski definition) is 1. The van der Waals surface area contributed by atoms with Crippen molar-refractivity contribution in [3.8, 4) is 11.5 Å². The summed E-state index contributed by atoms with van der Waals surface area (Å²) < 4.78 is 41.5. The predicted octanol–water partition coefficient (Wildman–Crippen LogP) is 3.00. The lowest BCUT2D eigenvalue weighted by molar-refractivity contribution is 0.0505. The van der Waals surface area contributed by atoms with Crippen molar-refractivity contribution in [1.82, 2.24) is 18.8 Å². The number of rotatable bonds is 8. The average Bonchev–Trinajstić information content (AvgIpc) is 3.28. The average molecular weight is 557 g/mol. The van der Waals surface area contributed by atoms with Gasteiger partial charge in [-0.05, 0) is 36.8 Å². The van der Waals surface area contributed by atoms with Gasteiger partial charge in [0.25, 0.3) is 5.91 Å². The molecule has 0 bridgehead atoms. The molecular formula is C27H33N4O7P. The summed E-state index contributed by atoms with van der Waals surface area (Å²) in [7, 11) is -0.467. The number of carbonyl (C=O) groups is 2. The molecule has 11 nitrogen and oxygen atoms in total. The lowest BCUT2D eigenvalue weighted by Crippen LogP contribution is -2.48. The number of pyridine rings is 1. The standard InChI is InChI=1S/C27H33N4O7P/c1-19-24(27(33)28-39(34,29-8-12-37-13-9-29)30-10-14-38-15-11-30)23-6-4-5-7-31(23)25(19)26(32)20-16-21(35-2)18-22(17-20)36-3/h4-7,16-18H,8-15H2,1-3H3,(H,28,33,34). The first-order chi connectivity index (χ1) is 18.9. The van der Waals surface area contributed by atoms with E-state index in [2.05, 4.69) is 5.09 Å². The van der Waals surface area contributed by atoms with E-state index in [0.29, 0.717) is 92.0 Å². The molecule has 1 amide bonds. The van der Waals surface area contributed by atoms with Crippen LogP contribution in [0, 0.1) is 6.92 Å². The van der Waals surface area contributed by atoms with Gasteiger partial charge in [-0.15, -0.1) is 0 Å². The second-order valence-corrected chi connectivity index (χ2v) is 11.8. The molecule has 2 aromatic heterocycles. The van der Waals surface area contributed by atoms with Gasteiger partial charge in [-0.3, -0.25) is 19.2 Å². The second-order valence-electron chi connectivity index (χ2n) is 9.35. The Kier molecular flexibility index (Phi) is 8.06. The number of morpholine rings is 2. The highest BCUT2D eigenvalue weighted by Crippen LogP contribution is 2.50. The SMILES string of the molecule is COc1cc(OC)cc(C(=O)c2c(C)c(C(=O)NP(=O)(N3CCOCC3)N3CCOCC3)c3ccccn23)c1. The molecule has 0 aliphatic carbocycles. The highest BCUT2D eigenvalue weighted by atomic mass is 31.2. The van der Waals surface area contributed by atoms with Crippen molar-refractivity contribution >= 4 is 24.8 Å². The van der Waals surface area contributed by atoms with Crippen LogP contribution in [0.2, 0.25) is 0 Å². The molecule has 5 rings (SSSR count). The molecular weight excluding hydrogens is 523 g/mol. The number of amides is 1. The number of methoxy groups -OCH3 is 2. The van der Waals surface area contributed by atoms with Crippen molar-refractivity contribution in [2.75, 3.05) is 66.8 Å². The van der Waals surface area contributed by atoms with Gasteiger partial charge in [0, 0.05) is 44.0 Å². The van der Waals surface area contributed by atoms with Crippen LogP contribution in [0.3, 0.4) is 0 Å². The first kappa shape index (κ1) is 27.4. The van der Waals surface area contributed by atoms with Crippen molar-refractivity contribution < 1.29 is 33.1 Å². The Morgan fingerprint density at radius 2 is 1.46 bits per heavy atom. The molecule has 4 heterocycles. The monoisotopic (exact) mass is 556 g/mol. The zero-order chi connectivity index (χ0) is 27.6. The van der Waals surface area contributed by atoms with Crippen LogP contribution < -0.4 is 14.6 Å². The molecule has 39 heavy (non-hydrogen) atoms. The summed E-state index contributed by atoms with van der Waals surface area (Å²) in [5, 5.41) is 2.90. The van der Waals surface area contributed by atoms with Crippen molar-refractivity contribution in [3.05, 3.63) is 65.0 Å². The lowest BCUT2D eigenvalue weighted by atomic mass is 10.0.